The summed E-state index contributed by atoms with van der Waals surface area (Å²) in [7, 11) is 0. The van der Waals surface area contributed by atoms with Crippen molar-refractivity contribution in [2.75, 3.05) is 0 Å². The van der Waals surface area contributed by atoms with Gasteiger partial charge in [0.05, 0.1) is 11.5 Å². The molecule has 3 nitrogen and oxygen atoms in total. The third kappa shape index (κ3) is 2.79. The van der Waals surface area contributed by atoms with Crippen molar-refractivity contribution in [3.8, 4) is 5.75 Å². The van der Waals surface area contributed by atoms with Crippen molar-refractivity contribution in [1.29, 1.82) is 0 Å². The first-order valence-electron chi connectivity index (χ1n) is 10.2. The first kappa shape index (κ1) is 18.0. The van der Waals surface area contributed by atoms with Crippen molar-refractivity contribution >= 4 is 5.97 Å². The summed E-state index contributed by atoms with van der Waals surface area (Å²) in [6, 6.07) is 6.26. The van der Waals surface area contributed by atoms with Gasteiger partial charge in [0.1, 0.15) is 5.75 Å². The van der Waals surface area contributed by atoms with E-state index in [1.165, 1.54) is 30.4 Å². The number of benzene rings is 1. The van der Waals surface area contributed by atoms with Gasteiger partial charge >= 0.3 is 5.97 Å². The SMILES string of the molecule is CC(C)(C)C(=O)Oc1ccc2c(c1)CC[C@@H]1[C@@H]2CC[C@]2(C)[C@@H](O)CC[C@@H]12. The topological polar surface area (TPSA) is 46.5 Å². The number of rotatable bonds is 1. The number of aryl methyl sites for hydroxylation is 1. The van der Waals surface area contributed by atoms with Gasteiger partial charge in [-0.05, 0) is 106 Å². The number of aliphatic hydroxyl groups is 1. The van der Waals surface area contributed by atoms with Gasteiger partial charge in [-0.15, -0.1) is 0 Å². The number of carbonyl (C=O) groups excluding carboxylic acids is 1. The number of aliphatic hydroxyl groups excluding tert-OH is 1. The molecule has 5 atom stereocenters. The maximum Gasteiger partial charge on any atom is 0.316 e. The fourth-order valence-electron chi connectivity index (χ4n) is 5.85. The van der Waals surface area contributed by atoms with Gasteiger partial charge in [-0.25, -0.2) is 0 Å². The number of hydrogen-bond acceptors (Lipinski definition) is 3. The highest BCUT2D eigenvalue weighted by atomic mass is 16.5. The van der Waals surface area contributed by atoms with Gasteiger partial charge in [0.2, 0.25) is 0 Å². The van der Waals surface area contributed by atoms with Gasteiger partial charge < -0.3 is 9.84 Å². The highest BCUT2D eigenvalue weighted by Crippen LogP contribution is 2.60. The van der Waals surface area contributed by atoms with E-state index in [0.29, 0.717) is 23.5 Å². The van der Waals surface area contributed by atoms with E-state index >= 15 is 0 Å². The van der Waals surface area contributed by atoms with Crippen molar-refractivity contribution in [3.05, 3.63) is 29.3 Å². The van der Waals surface area contributed by atoms with E-state index in [1.54, 1.807) is 0 Å². The lowest BCUT2D eigenvalue weighted by atomic mass is 9.55. The zero-order chi connectivity index (χ0) is 18.7. The molecule has 142 valence electrons. The number of carbonyl (C=O) groups is 1. The van der Waals surface area contributed by atoms with Gasteiger partial charge in [-0.2, -0.15) is 0 Å². The van der Waals surface area contributed by atoms with Gasteiger partial charge in [0, 0.05) is 0 Å². The monoisotopic (exact) mass is 356 g/mol. The summed E-state index contributed by atoms with van der Waals surface area (Å²) in [6.45, 7) is 7.96. The number of ether oxygens (including phenoxy) is 1. The molecule has 3 heteroatoms. The van der Waals surface area contributed by atoms with Crippen LogP contribution in [0.15, 0.2) is 18.2 Å². The summed E-state index contributed by atoms with van der Waals surface area (Å²) in [6.07, 6.45) is 6.58. The molecule has 3 aliphatic rings. The molecule has 0 radical (unpaired) electrons. The second kappa shape index (κ2) is 6.09. The number of fused-ring (bicyclic) bond motifs is 5. The van der Waals surface area contributed by atoms with Crippen LogP contribution >= 0.6 is 0 Å². The van der Waals surface area contributed by atoms with E-state index in [-0.39, 0.29) is 17.5 Å². The van der Waals surface area contributed by atoms with E-state index in [4.69, 9.17) is 4.74 Å². The van der Waals surface area contributed by atoms with Crippen molar-refractivity contribution in [3.63, 3.8) is 0 Å². The molecular weight excluding hydrogens is 324 g/mol. The molecule has 1 aromatic rings. The predicted molar refractivity (Wildman–Crippen MR) is 102 cm³/mol. The quantitative estimate of drug-likeness (QED) is 0.578. The Balaban J connectivity index is 1.57. The van der Waals surface area contributed by atoms with Crippen LogP contribution in [0.2, 0.25) is 0 Å². The maximum atomic E-state index is 12.2. The molecule has 26 heavy (non-hydrogen) atoms. The van der Waals surface area contributed by atoms with Gasteiger partial charge in [0.25, 0.3) is 0 Å². The second-order valence-corrected chi connectivity index (χ2v) is 10.1. The summed E-state index contributed by atoms with van der Waals surface area (Å²) in [4.78, 5) is 12.2. The molecule has 0 aliphatic heterocycles. The van der Waals surface area contributed by atoms with Crippen LogP contribution < -0.4 is 4.74 Å². The number of esters is 1. The Bertz CT molecular complexity index is 717. The van der Waals surface area contributed by atoms with E-state index in [2.05, 4.69) is 19.1 Å². The summed E-state index contributed by atoms with van der Waals surface area (Å²) in [5, 5.41) is 10.5. The first-order valence-corrected chi connectivity index (χ1v) is 10.2. The molecule has 0 spiro atoms. The summed E-state index contributed by atoms with van der Waals surface area (Å²) < 4.78 is 5.61. The van der Waals surface area contributed by atoms with Crippen molar-refractivity contribution in [2.24, 2.45) is 22.7 Å². The summed E-state index contributed by atoms with van der Waals surface area (Å²) in [5.74, 6) is 2.46. The van der Waals surface area contributed by atoms with Crippen molar-refractivity contribution in [1.82, 2.24) is 0 Å². The third-order valence-electron chi connectivity index (χ3n) is 7.47. The van der Waals surface area contributed by atoms with E-state index < -0.39 is 5.41 Å². The minimum absolute atomic E-state index is 0.117. The molecule has 0 amide bonds. The molecular formula is C23H32O3. The second-order valence-electron chi connectivity index (χ2n) is 10.1. The minimum atomic E-state index is -0.488. The van der Waals surface area contributed by atoms with Crippen LogP contribution in [0.1, 0.15) is 76.8 Å². The van der Waals surface area contributed by atoms with Crippen LogP contribution in [0.5, 0.6) is 5.75 Å². The van der Waals surface area contributed by atoms with Crippen molar-refractivity contribution in [2.45, 2.75) is 78.2 Å². The van der Waals surface area contributed by atoms with Crippen LogP contribution in [0.4, 0.5) is 0 Å². The molecule has 2 saturated carbocycles. The zero-order valence-electron chi connectivity index (χ0n) is 16.5. The predicted octanol–water partition coefficient (Wildman–Crippen LogP) is 4.86. The van der Waals surface area contributed by atoms with Crippen LogP contribution in [-0.2, 0) is 11.2 Å². The molecule has 0 heterocycles. The lowest BCUT2D eigenvalue weighted by Crippen LogP contribution is -2.43. The van der Waals surface area contributed by atoms with E-state index in [0.717, 1.165) is 19.3 Å². The fraction of sp³-hybridized carbons (Fsp3) is 0.696. The Morgan fingerprint density at radius 2 is 1.96 bits per heavy atom. The lowest BCUT2D eigenvalue weighted by Gasteiger charge is -2.50. The first-order chi connectivity index (χ1) is 12.2. The van der Waals surface area contributed by atoms with Crippen LogP contribution in [-0.4, -0.2) is 17.2 Å². The number of hydrogen-bond donors (Lipinski definition) is 1. The van der Waals surface area contributed by atoms with Gasteiger partial charge in [-0.1, -0.05) is 13.0 Å². The van der Waals surface area contributed by atoms with Gasteiger partial charge in [-0.3, -0.25) is 4.79 Å². The van der Waals surface area contributed by atoms with E-state index in [9.17, 15) is 9.90 Å². The Labute approximate surface area is 157 Å². The van der Waals surface area contributed by atoms with Crippen LogP contribution in [0.25, 0.3) is 0 Å². The van der Waals surface area contributed by atoms with E-state index in [1.807, 2.05) is 26.8 Å². The summed E-state index contributed by atoms with van der Waals surface area (Å²) >= 11 is 0. The standard InChI is InChI=1S/C23H32O3/c1-22(2,3)21(25)26-15-6-8-16-14(13-15)5-7-18-17(16)11-12-23(4)19(18)9-10-20(23)24/h6,8,13,17-20,24H,5,7,9-12H2,1-4H3/t17-,18-,19+,20+,23+/m1/s1. The Hall–Kier alpha value is -1.35. The summed E-state index contributed by atoms with van der Waals surface area (Å²) in [5.41, 5.74) is 2.45. The highest BCUT2D eigenvalue weighted by molar-refractivity contribution is 5.77. The smallest absolute Gasteiger partial charge is 0.316 e. The van der Waals surface area contributed by atoms with Crippen molar-refractivity contribution < 1.29 is 14.6 Å². The molecule has 1 aromatic carbocycles. The molecule has 0 unspecified atom stereocenters. The molecule has 2 fully saturated rings. The molecule has 0 aromatic heterocycles. The Morgan fingerprint density at radius 1 is 1.19 bits per heavy atom. The Morgan fingerprint density at radius 3 is 2.69 bits per heavy atom. The third-order valence-corrected chi connectivity index (χ3v) is 7.47. The zero-order valence-corrected chi connectivity index (χ0v) is 16.5. The van der Waals surface area contributed by atoms with Crippen LogP contribution in [0, 0.1) is 22.7 Å². The normalized spacial score (nSPS) is 36.0. The Kier molecular flexibility index (Phi) is 4.22. The average Bonchev–Trinajstić information content (AvgIpc) is 2.89. The minimum Gasteiger partial charge on any atom is -0.426 e. The maximum absolute atomic E-state index is 12.2. The molecule has 4 rings (SSSR count). The largest absolute Gasteiger partial charge is 0.426 e. The van der Waals surface area contributed by atoms with Gasteiger partial charge in [0.15, 0.2) is 0 Å². The molecule has 1 N–H and O–H groups in total. The fourth-order valence-corrected chi connectivity index (χ4v) is 5.85. The average molecular weight is 357 g/mol. The van der Waals surface area contributed by atoms with Crippen LogP contribution in [0.3, 0.4) is 0 Å². The molecule has 3 aliphatic carbocycles. The molecule has 0 bridgehead atoms. The highest BCUT2D eigenvalue weighted by Gasteiger charge is 2.54. The molecule has 0 saturated heterocycles. The lowest BCUT2D eigenvalue weighted by molar-refractivity contribution is -0.143.